The lowest BCUT2D eigenvalue weighted by Crippen LogP contribution is -2.40. The molecule has 0 radical (unpaired) electrons. The topological polar surface area (TPSA) is 101 Å². The largest absolute Gasteiger partial charge is 0.480 e. The number of rotatable bonds is 6. The van der Waals surface area contributed by atoms with Crippen molar-refractivity contribution in [2.45, 2.75) is 31.0 Å². The minimum atomic E-state index is -5.01. The van der Waals surface area contributed by atoms with Crippen LogP contribution in [0.15, 0.2) is 23.1 Å². The van der Waals surface area contributed by atoms with Crippen LogP contribution in [0.2, 0.25) is 0 Å². The summed E-state index contributed by atoms with van der Waals surface area (Å²) in [6.07, 6.45) is -5.01. The Bertz CT molecular complexity index is 773. The van der Waals surface area contributed by atoms with Crippen molar-refractivity contribution in [2.75, 3.05) is 13.7 Å². The first-order valence-corrected chi connectivity index (χ1v) is 8.29. The van der Waals surface area contributed by atoms with Crippen molar-refractivity contribution in [3.63, 3.8) is 0 Å². The molecule has 25 heavy (non-hydrogen) atoms. The van der Waals surface area contributed by atoms with Crippen LogP contribution in [0.25, 0.3) is 0 Å². The molecule has 7 nitrogen and oxygen atoms in total. The highest BCUT2D eigenvalue weighted by atomic mass is 32.2. The lowest BCUT2D eigenvalue weighted by atomic mass is 10.1. The molecule has 1 N–H and O–H groups in total. The van der Waals surface area contributed by atoms with E-state index in [2.05, 4.69) is 4.74 Å². The fraction of sp³-hybridized carbons (Fsp3) is 0.429. The maximum absolute atomic E-state index is 13.2. The molecule has 0 spiro atoms. The van der Waals surface area contributed by atoms with Crippen molar-refractivity contribution in [3.05, 3.63) is 29.3 Å². The average Bonchev–Trinajstić information content (AvgIpc) is 2.49. The van der Waals surface area contributed by atoms with Crippen LogP contribution in [0.4, 0.5) is 13.2 Å². The van der Waals surface area contributed by atoms with E-state index in [0.717, 1.165) is 13.2 Å². The average molecular weight is 383 g/mol. The van der Waals surface area contributed by atoms with Gasteiger partial charge in [-0.2, -0.15) is 17.5 Å². The van der Waals surface area contributed by atoms with E-state index in [1.54, 1.807) is 0 Å². The molecule has 1 aromatic rings. The lowest BCUT2D eigenvalue weighted by molar-refractivity contribution is -0.139. The number of alkyl halides is 3. The van der Waals surface area contributed by atoms with Crippen molar-refractivity contribution in [1.82, 2.24) is 4.31 Å². The first-order valence-electron chi connectivity index (χ1n) is 6.85. The van der Waals surface area contributed by atoms with Gasteiger partial charge in [-0.15, -0.1) is 0 Å². The number of ether oxygens (including phenoxy) is 1. The number of methoxy groups -OCH3 is 1. The summed E-state index contributed by atoms with van der Waals surface area (Å²) in [5, 5.41) is 8.83. The summed E-state index contributed by atoms with van der Waals surface area (Å²) < 4.78 is 69.4. The van der Waals surface area contributed by atoms with E-state index in [1.807, 2.05) is 0 Å². The predicted molar refractivity (Wildman–Crippen MR) is 79.4 cm³/mol. The molecular weight excluding hydrogens is 367 g/mol. The first kappa shape index (κ1) is 20.9. The molecule has 0 atom stereocenters. The van der Waals surface area contributed by atoms with Crippen LogP contribution in [0.1, 0.15) is 29.8 Å². The molecular formula is C14H16F3NO6S. The van der Waals surface area contributed by atoms with Gasteiger partial charge in [0.2, 0.25) is 10.0 Å². The number of benzene rings is 1. The van der Waals surface area contributed by atoms with E-state index in [0.29, 0.717) is 16.4 Å². The van der Waals surface area contributed by atoms with Crippen molar-refractivity contribution in [2.24, 2.45) is 0 Å². The summed E-state index contributed by atoms with van der Waals surface area (Å²) in [6.45, 7) is 1.85. The highest BCUT2D eigenvalue weighted by molar-refractivity contribution is 7.89. The van der Waals surface area contributed by atoms with Gasteiger partial charge in [0, 0.05) is 6.04 Å². The summed E-state index contributed by atoms with van der Waals surface area (Å²) in [5.74, 6) is -2.73. The van der Waals surface area contributed by atoms with Crippen molar-refractivity contribution < 1.29 is 41.0 Å². The normalized spacial score (nSPS) is 12.5. The summed E-state index contributed by atoms with van der Waals surface area (Å²) in [5.41, 5.74) is -2.33. The Labute approximate surface area is 142 Å². The number of aliphatic carboxylic acids is 1. The van der Waals surface area contributed by atoms with E-state index in [4.69, 9.17) is 5.11 Å². The number of carbonyl (C=O) groups is 2. The standard InChI is InChI=1S/C14H16F3NO6S/c1-8(2)18(7-12(19)20)25(22,23)9-4-5-10(13(21)24-3)11(6-9)14(15,16)17/h4-6,8H,7H2,1-3H3,(H,19,20). The van der Waals surface area contributed by atoms with Gasteiger partial charge in [0.05, 0.1) is 23.1 Å². The van der Waals surface area contributed by atoms with Gasteiger partial charge in [-0.1, -0.05) is 0 Å². The fourth-order valence-electron chi connectivity index (χ4n) is 2.02. The third-order valence-electron chi connectivity index (χ3n) is 3.18. The smallest absolute Gasteiger partial charge is 0.417 e. The Morgan fingerprint density at radius 3 is 2.24 bits per heavy atom. The monoisotopic (exact) mass is 383 g/mol. The Balaban J connectivity index is 3.56. The van der Waals surface area contributed by atoms with Gasteiger partial charge >= 0.3 is 18.1 Å². The molecule has 0 fully saturated rings. The second-order valence-electron chi connectivity index (χ2n) is 5.23. The molecule has 0 aromatic heterocycles. The number of halogens is 3. The van der Waals surface area contributed by atoms with E-state index < -0.39 is 56.7 Å². The van der Waals surface area contributed by atoms with Crippen molar-refractivity contribution >= 4 is 22.0 Å². The van der Waals surface area contributed by atoms with Gasteiger partial charge in [-0.25, -0.2) is 13.2 Å². The summed E-state index contributed by atoms with van der Waals surface area (Å²) in [6, 6.07) is 0.962. The minimum Gasteiger partial charge on any atom is -0.480 e. The number of carboxylic acids is 1. The fourth-order valence-corrected chi connectivity index (χ4v) is 3.63. The maximum Gasteiger partial charge on any atom is 0.417 e. The van der Waals surface area contributed by atoms with Crippen molar-refractivity contribution in [3.8, 4) is 0 Å². The Hall–Kier alpha value is -2.14. The second kappa shape index (κ2) is 7.40. The zero-order valence-corrected chi connectivity index (χ0v) is 14.3. The van der Waals surface area contributed by atoms with Crippen molar-refractivity contribution in [1.29, 1.82) is 0 Å². The zero-order valence-electron chi connectivity index (χ0n) is 13.5. The Morgan fingerprint density at radius 2 is 1.84 bits per heavy atom. The number of hydrogen-bond acceptors (Lipinski definition) is 5. The Morgan fingerprint density at radius 1 is 1.28 bits per heavy atom. The van der Waals surface area contributed by atoms with Gasteiger partial charge in [0.25, 0.3) is 0 Å². The van der Waals surface area contributed by atoms with Gasteiger partial charge in [0.15, 0.2) is 0 Å². The molecule has 0 amide bonds. The van der Waals surface area contributed by atoms with E-state index >= 15 is 0 Å². The molecule has 140 valence electrons. The third-order valence-corrected chi connectivity index (χ3v) is 5.19. The lowest BCUT2D eigenvalue weighted by Gasteiger charge is -2.24. The minimum absolute atomic E-state index is 0.290. The Kier molecular flexibility index (Phi) is 6.19. The SMILES string of the molecule is COC(=O)c1ccc(S(=O)(=O)N(CC(=O)O)C(C)C)cc1C(F)(F)F. The van der Waals surface area contributed by atoms with E-state index in [1.165, 1.54) is 13.8 Å². The van der Waals surface area contributed by atoms with Gasteiger partial charge in [-0.05, 0) is 32.0 Å². The number of hydrogen-bond donors (Lipinski definition) is 1. The van der Waals surface area contributed by atoms with Crippen LogP contribution in [0, 0.1) is 0 Å². The number of carbonyl (C=O) groups excluding carboxylic acids is 1. The number of esters is 1. The van der Waals surface area contributed by atoms with Gasteiger partial charge < -0.3 is 9.84 Å². The molecule has 1 aromatic carbocycles. The summed E-state index contributed by atoms with van der Waals surface area (Å²) >= 11 is 0. The second-order valence-corrected chi connectivity index (χ2v) is 7.13. The van der Waals surface area contributed by atoms with Crippen LogP contribution in [0.3, 0.4) is 0 Å². The van der Waals surface area contributed by atoms with Crippen LogP contribution in [-0.4, -0.2) is 49.5 Å². The van der Waals surface area contributed by atoms with Crippen LogP contribution in [-0.2, 0) is 25.7 Å². The predicted octanol–water partition coefficient (Wildman–Crippen LogP) is 1.98. The third kappa shape index (κ3) is 4.69. The molecule has 1 rings (SSSR count). The van der Waals surface area contributed by atoms with E-state index in [-0.39, 0.29) is 0 Å². The summed E-state index contributed by atoms with van der Waals surface area (Å²) in [4.78, 5) is 21.5. The molecule has 0 aliphatic heterocycles. The van der Waals surface area contributed by atoms with Crippen LogP contribution in [0.5, 0.6) is 0 Å². The molecule has 0 saturated heterocycles. The molecule has 0 saturated carbocycles. The molecule has 0 aliphatic rings. The molecule has 0 aliphatic carbocycles. The highest BCUT2D eigenvalue weighted by Crippen LogP contribution is 2.34. The maximum atomic E-state index is 13.2. The number of sulfonamides is 1. The molecule has 0 bridgehead atoms. The van der Waals surface area contributed by atoms with Crippen LogP contribution < -0.4 is 0 Å². The number of nitrogens with zero attached hydrogens (tertiary/aromatic N) is 1. The van der Waals surface area contributed by atoms with Crippen LogP contribution >= 0.6 is 0 Å². The van der Waals surface area contributed by atoms with Gasteiger partial charge in [-0.3, -0.25) is 4.79 Å². The molecule has 11 heteroatoms. The first-order chi connectivity index (χ1) is 11.3. The molecule has 0 heterocycles. The number of carboxylic acid groups (broad SMARTS) is 1. The zero-order chi connectivity index (χ0) is 19.6. The van der Waals surface area contributed by atoms with E-state index in [9.17, 15) is 31.2 Å². The van der Waals surface area contributed by atoms with Gasteiger partial charge in [0.1, 0.15) is 6.54 Å². The summed E-state index contributed by atoms with van der Waals surface area (Å²) in [7, 11) is -3.64. The quantitative estimate of drug-likeness (QED) is 0.754. The molecule has 0 unspecified atom stereocenters. The highest BCUT2D eigenvalue weighted by Gasteiger charge is 2.38.